The number of nitrogens with two attached hydrogens (primary N) is 1. The van der Waals surface area contributed by atoms with E-state index in [-0.39, 0.29) is 10.9 Å². The van der Waals surface area contributed by atoms with Gasteiger partial charge in [-0.1, -0.05) is 11.6 Å². The number of benzene rings is 1. The highest BCUT2D eigenvalue weighted by atomic mass is 35.5. The van der Waals surface area contributed by atoms with E-state index >= 15 is 0 Å². The first kappa shape index (κ1) is 9.09. The molecule has 0 amide bonds. The summed E-state index contributed by atoms with van der Waals surface area (Å²) in [7, 11) is 0. The highest BCUT2D eigenvalue weighted by molar-refractivity contribution is 7.80. The van der Waals surface area contributed by atoms with Crippen molar-refractivity contribution in [2.24, 2.45) is 5.73 Å². The van der Waals surface area contributed by atoms with Crippen molar-refractivity contribution in [3.63, 3.8) is 0 Å². The van der Waals surface area contributed by atoms with Crippen LogP contribution < -0.4 is 11.1 Å². The molecule has 1 rings (SSSR count). The Kier molecular flexibility index (Phi) is 2.73. The first-order valence-corrected chi connectivity index (χ1v) is 3.93. The number of aromatic hydroxyl groups is 1. The van der Waals surface area contributed by atoms with Gasteiger partial charge in [0.05, 0.1) is 5.69 Å². The number of nitrogens with one attached hydrogen (secondary N) is 1. The predicted octanol–water partition coefficient (Wildman–Crippen LogP) is 1.70. The van der Waals surface area contributed by atoms with E-state index in [1.165, 1.54) is 6.07 Å². The minimum atomic E-state index is 0.0234. The third kappa shape index (κ3) is 2.25. The first-order chi connectivity index (χ1) is 5.59. The molecule has 0 saturated carbocycles. The summed E-state index contributed by atoms with van der Waals surface area (Å²) >= 11 is 10.2. The Morgan fingerprint density at radius 1 is 1.58 bits per heavy atom. The maximum absolute atomic E-state index is 9.28. The smallest absolute Gasteiger partial charge is 0.168 e. The van der Waals surface area contributed by atoms with Gasteiger partial charge in [-0.3, -0.25) is 0 Å². The average molecular weight is 203 g/mol. The molecule has 0 atom stereocenters. The fraction of sp³-hybridized carbons (Fsp3) is 0. The van der Waals surface area contributed by atoms with Gasteiger partial charge in [0, 0.05) is 11.1 Å². The van der Waals surface area contributed by atoms with Crippen molar-refractivity contribution < 1.29 is 5.11 Å². The van der Waals surface area contributed by atoms with Crippen LogP contribution in [-0.2, 0) is 0 Å². The Morgan fingerprint density at radius 2 is 2.25 bits per heavy atom. The van der Waals surface area contributed by atoms with Gasteiger partial charge in [-0.2, -0.15) is 0 Å². The van der Waals surface area contributed by atoms with Crippen molar-refractivity contribution in [2.45, 2.75) is 0 Å². The summed E-state index contributed by atoms with van der Waals surface area (Å²) in [5.41, 5.74) is 5.66. The van der Waals surface area contributed by atoms with E-state index in [1.807, 2.05) is 0 Å². The van der Waals surface area contributed by atoms with Crippen molar-refractivity contribution in [2.75, 3.05) is 5.32 Å². The molecule has 0 heterocycles. The number of hydrogen-bond donors (Lipinski definition) is 3. The minimum absolute atomic E-state index is 0.0234. The van der Waals surface area contributed by atoms with Crippen LogP contribution in [0.2, 0.25) is 5.02 Å². The largest absolute Gasteiger partial charge is 0.506 e. The molecule has 0 fully saturated rings. The summed E-state index contributed by atoms with van der Waals surface area (Å²) in [5.74, 6) is 0.0234. The molecule has 0 spiro atoms. The van der Waals surface area contributed by atoms with Crippen LogP contribution in [0.3, 0.4) is 0 Å². The molecule has 0 radical (unpaired) electrons. The third-order valence-electron chi connectivity index (χ3n) is 1.22. The van der Waals surface area contributed by atoms with Crippen molar-refractivity contribution in [3.05, 3.63) is 23.2 Å². The maximum Gasteiger partial charge on any atom is 0.168 e. The third-order valence-corrected chi connectivity index (χ3v) is 1.55. The summed E-state index contributed by atoms with van der Waals surface area (Å²) in [6, 6.07) is 4.63. The molecule has 12 heavy (non-hydrogen) atoms. The van der Waals surface area contributed by atoms with E-state index in [1.54, 1.807) is 12.1 Å². The Morgan fingerprint density at radius 3 is 2.75 bits per heavy atom. The number of thiocarbonyl (C=S) groups is 1. The van der Waals surface area contributed by atoms with Gasteiger partial charge in [-0.05, 0) is 24.4 Å². The molecular formula is C7H7ClN2OS. The van der Waals surface area contributed by atoms with Crippen LogP contribution in [0.1, 0.15) is 0 Å². The summed E-state index contributed by atoms with van der Waals surface area (Å²) < 4.78 is 0. The lowest BCUT2D eigenvalue weighted by atomic mass is 10.3. The van der Waals surface area contributed by atoms with Crippen LogP contribution in [0.5, 0.6) is 5.75 Å². The van der Waals surface area contributed by atoms with Crippen LogP contribution in [-0.4, -0.2) is 10.2 Å². The minimum Gasteiger partial charge on any atom is -0.506 e. The molecule has 0 aliphatic carbocycles. The van der Waals surface area contributed by atoms with Gasteiger partial charge >= 0.3 is 0 Å². The zero-order chi connectivity index (χ0) is 9.14. The second kappa shape index (κ2) is 3.60. The summed E-state index contributed by atoms with van der Waals surface area (Å²) in [6.07, 6.45) is 0. The second-order valence-corrected chi connectivity index (χ2v) is 3.03. The lowest BCUT2D eigenvalue weighted by molar-refractivity contribution is 0.478. The summed E-state index contributed by atoms with van der Waals surface area (Å²) in [4.78, 5) is 0. The highest BCUT2D eigenvalue weighted by Crippen LogP contribution is 2.26. The molecule has 0 aromatic heterocycles. The molecule has 0 saturated heterocycles. The second-order valence-electron chi connectivity index (χ2n) is 2.15. The molecule has 0 bridgehead atoms. The first-order valence-electron chi connectivity index (χ1n) is 3.14. The Hall–Kier alpha value is -1.00. The Labute approximate surface area is 80.1 Å². The zero-order valence-corrected chi connectivity index (χ0v) is 7.62. The fourth-order valence-corrected chi connectivity index (χ4v) is 1.02. The molecule has 0 aliphatic rings. The monoisotopic (exact) mass is 202 g/mol. The van der Waals surface area contributed by atoms with Crippen LogP contribution in [0.4, 0.5) is 5.69 Å². The van der Waals surface area contributed by atoms with E-state index in [2.05, 4.69) is 17.5 Å². The SMILES string of the molecule is NC(=S)Nc1ccc(Cl)cc1O. The van der Waals surface area contributed by atoms with Gasteiger partial charge < -0.3 is 16.2 Å². The Balaban J connectivity index is 2.93. The van der Waals surface area contributed by atoms with E-state index < -0.39 is 0 Å². The van der Waals surface area contributed by atoms with E-state index in [4.69, 9.17) is 17.3 Å². The van der Waals surface area contributed by atoms with Crippen molar-refractivity contribution in [1.82, 2.24) is 0 Å². The van der Waals surface area contributed by atoms with Crippen molar-refractivity contribution in [1.29, 1.82) is 0 Å². The number of halogens is 1. The molecule has 0 aliphatic heterocycles. The van der Waals surface area contributed by atoms with Crippen molar-refractivity contribution >= 4 is 34.6 Å². The summed E-state index contributed by atoms with van der Waals surface area (Å²) in [6.45, 7) is 0. The van der Waals surface area contributed by atoms with E-state index in [0.717, 1.165) is 0 Å². The van der Waals surface area contributed by atoms with Crippen LogP contribution in [0.25, 0.3) is 0 Å². The average Bonchev–Trinajstić information content (AvgIpc) is 1.94. The standard InChI is InChI=1S/C7H7ClN2OS/c8-4-1-2-5(6(11)3-4)10-7(9)12/h1-3,11H,(H3,9,10,12). The highest BCUT2D eigenvalue weighted by Gasteiger charge is 2.00. The van der Waals surface area contributed by atoms with Gasteiger partial charge in [-0.15, -0.1) is 0 Å². The zero-order valence-electron chi connectivity index (χ0n) is 6.04. The quantitative estimate of drug-likeness (QED) is 0.479. The molecular weight excluding hydrogens is 196 g/mol. The van der Waals surface area contributed by atoms with Gasteiger partial charge in [0.15, 0.2) is 5.11 Å². The Bertz CT molecular complexity index is 316. The topological polar surface area (TPSA) is 58.3 Å². The van der Waals surface area contributed by atoms with Gasteiger partial charge in [-0.25, -0.2) is 0 Å². The maximum atomic E-state index is 9.28. The predicted molar refractivity (Wildman–Crippen MR) is 53.5 cm³/mol. The molecule has 3 nitrogen and oxygen atoms in total. The molecule has 4 N–H and O–H groups in total. The van der Waals surface area contributed by atoms with Crippen molar-refractivity contribution in [3.8, 4) is 5.75 Å². The van der Waals surface area contributed by atoms with Crippen LogP contribution >= 0.6 is 23.8 Å². The van der Waals surface area contributed by atoms with E-state index in [0.29, 0.717) is 10.7 Å². The fourth-order valence-electron chi connectivity index (χ4n) is 0.743. The molecule has 1 aromatic carbocycles. The van der Waals surface area contributed by atoms with Gasteiger partial charge in [0.25, 0.3) is 0 Å². The number of phenolic OH excluding ortho intramolecular Hbond substituents is 1. The molecule has 64 valence electrons. The lowest BCUT2D eigenvalue weighted by Crippen LogP contribution is -2.18. The van der Waals surface area contributed by atoms with Crippen LogP contribution in [0.15, 0.2) is 18.2 Å². The van der Waals surface area contributed by atoms with Gasteiger partial charge in [0.1, 0.15) is 5.75 Å². The molecule has 5 heteroatoms. The number of hydrogen-bond acceptors (Lipinski definition) is 2. The normalized spacial score (nSPS) is 9.42. The lowest BCUT2D eigenvalue weighted by Gasteiger charge is -2.05. The van der Waals surface area contributed by atoms with Gasteiger partial charge in [0.2, 0.25) is 0 Å². The molecule has 0 unspecified atom stereocenters. The number of anilines is 1. The van der Waals surface area contributed by atoms with Crippen LogP contribution in [0, 0.1) is 0 Å². The summed E-state index contributed by atoms with van der Waals surface area (Å²) in [5, 5.41) is 12.4. The molecule has 1 aromatic rings. The van der Waals surface area contributed by atoms with E-state index in [9.17, 15) is 5.11 Å². The number of phenols is 1. The number of rotatable bonds is 1.